The molecule has 20 heavy (non-hydrogen) atoms. The minimum Gasteiger partial charge on any atom is -0.378 e. The summed E-state index contributed by atoms with van der Waals surface area (Å²) < 4.78 is 1.11. The summed E-state index contributed by atoms with van der Waals surface area (Å²) in [5.41, 5.74) is 2.31. The summed E-state index contributed by atoms with van der Waals surface area (Å²) in [6.07, 6.45) is 3.69. The van der Waals surface area contributed by atoms with Gasteiger partial charge in [0.1, 0.15) is 0 Å². The Labute approximate surface area is 127 Å². The normalized spacial score (nSPS) is 12.3. The standard InChI is InChI=1S/C17H15BrN2/c1-12(15-3-2-8-19-11-15)20-17-7-5-13-9-16(18)6-4-14(13)10-17/h2-12,20H,1H3. The molecule has 1 N–H and O–H groups in total. The van der Waals surface area contributed by atoms with E-state index in [0.717, 1.165) is 10.2 Å². The number of nitrogens with one attached hydrogen (secondary N) is 1. The van der Waals surface area contributed by atoms with E-state index in [9.17, 15) is 0 Å². The van der Waals surface area contributed by atoms with Gasteiger partial charge in [-0.1, -0.05) is 34.1 Å². The summed E-state index contributed by atoms with van der Waals surface area (Å²) in [5.74, 6) is 0. The molecule has 2 aromatic carbocycles. The van der Waals surface area contributed by atoms with Gasteiger partial charge in [-0.2, -0.15) is 0 Å². The number of hydrogen-bond donors (Lipinski definition) is 1. The molecule has 0 amide bonds. The number of hydrogen-bond acceptors (Lipinski definition) is 2. The maximum Gasteiger partial charge on any atom is 0.0500 e. The number of fused-ring (bicyclic) bond motifs is 1. The van der Waals surface area contributed by atoms with Crippen molar-refractivity contribution in [2.45, 2.75) is 13.0 Å². The second-order valence-electron chi connectivity index (χ2n) is 4.86. The van der Waals surface area contributed by atoms with Gasteiger partial charge in [0.05, 0.1) is 6.04 Å². The first-order chi connectivity index (χ1) is 9.72. The molecular weight excluding hydrogens is 312 g/mol. The molecular formula is C17H15BrN2. The molecule has 1 atom stereocenters. The second kappa shape index (κ2) is 5.63. The molecule has 0 aliphatic heterocycles. The van der Waals surface area contributed by atoms with Crippen molar-refractivity contribution >= 4 is 32.4 Å². The van der Waals surface area contributed by atoms with Gasteiger partial charge in [0, 0.05) is 22.6 Å². The van der Waals surface area contributed by atoms with E-state index >= 15 is 0 Å². The topological polar surface area (TPSA) is 24.9 Å². The van der Waals surface area contributed by atoms with E-state index in [0.29, 0.717) is 0 Å². The van der Waals surface area contributed by atoms with Crippen LogP contribution in [0.2, 0.25) is 0 Å². The average molecular weight is 327 g/mol. The van der Waals surface area contributed by atoms with Gasteiger partial charge in [0.2, 0.25) is 0 Å². The van der Waals surface area contributed by atoms with Crippen LogP contribution in [-0.4, -0.2) is 4.98 Å². The molecule has 0 saturated heterocycles. The molecule has 0 bridgehead atoms. The Morgan fingerprint density at radius 1 is 1.05 bits per heavy atom. The van der Waals surface area contributed by atoms with Gasteiger partial charge in [0.15, 0.2) is 0 Å². The predicted octanol–water partition coefficient (Wildman–Crippen LogP) is 5.17. The van der Waals surface area contributed by atoms with Crippen molar-refractivity contribution in [1.82, 2.24) is 4.98 Å². The van der Waals surface area contributed by atoms with Crippen LogP contribution in [0.15, 0.2) is 65.4 Å². The van der Waals surface area contributed by atoms with Crippen LogP contribution in [0.1, 0.15) is 18.5 Å². The first-order valence-corrected chi connectivity index (χ1v) is 7.37. The maximum atomic E-state index is 4.16. The van der Waals surface area contributed by atoms with E-state index in [1.54, 1.807) is 6.20 Å². The first-order valence-electron chi connectivity index (χ1n) is 6.58. The third-order valence-electron chi connectivity index (χ3n) is 3.37. The molecule has 0 spiro atoms. The lowest BCUT2D eigenvalue weighted by Crippen LogP contribution is -2.06. The van der Waals surface area contributed by atoms with E-state index in [4.69, 9.17) is 0 Å². The highest BCUT2D eigenvalue weighted by Gasteiger charge is 2.05. The molecule has 3 aromatic rings. The maximum absolute atomic E-state index is 4.16. The zero-order valence-corrected chi connectivity index (χ0v) is 12.8. The van der Waals surface area contributed by atoms with Crippen molar-refractivity contribution in [2.24, 2.45) is 0 Å². The molecule has 3 heteroatoms. The fourth-order valence-electron chi connectivity index (χ4n) is 2.27. The third-order valence-corrected chi connectivity index (χ3v) is 3.86. The summed E-state index contributed by atoms with van der Waals surface area (Å²) in [7, 11) is 0. The molecule has 1 aromatic heterocycles. The Kier molecular flexibility index (Phi) is 3.70. The van der Waals surface area contributed by atoms with Crippen molar-refractivity contribution in [3.8, 4) is 0 Å². The lowest BCUT2D eigenvalue weighted by Gasteiger charge is -2.15. The van der Waals surface area contributed by atoms with E-state index in [-0.39, 0.29) is 6.04 Å². The highest BCUT2D eigenvalue weighted by molar-refractivity contribution is 9.10. The number of aromatic nitrogens is 1. The van der Waals surface area contributed by atoms with Gasteiger partial charge in [-0.25, -0.2) is 0 Å². The van der Waals surface area contributed by atoms with E-state index in [1.165, 1.54) is 16.3 Å². The Balaban J connectivity index is 1.86. The van der Waals surface area contributed by atoms with Gasteiger partial charge in [-0.15, -0.1) is 0 Å². The SMILES string of the molecule is CC(Nc1ccc2cc(Br)ccc2c1)c1cccnc1. The zero-order chi connectivity index (χ0) is 13.9. The largest absolute Gasteiger partial charge is 0.378 e. The number of benzene rings is 2. The number of pyridine rings is 1. The van der Waals surface area contributed by atoms with Gasteiger partial charge in [-0.05, 0) is 53.6 Å². The van der Waals surface area contributed by atoms with Gasteiger partial charge < -0.3 is 5.32 Å². The van der Waals surface area contributed by atoms with Crippen LogP contribution in [0, 0.1) is 0 Å². The molecule has 100 valence electrons. The first kappa shape index (κ1) is 13.1. The van der Waals surface area contributed by atoms with Gasteiger partial charge in [0.25, 0.3) is 0 Å². The van der Waals surface area contributed by atoms with E-state index in [2.05, 4.69) is 75.6 Å². The molecule has 3 rings (SSSR count). The van der Waals surface area contributed by atoms with E-state index < -0.39 is 0 Å². The molecule has 0 saturated carbocycles. The van der Waals surface area contributed by atoms with Crippen LogP contribution >= 0.6 is 15.9 Å². The van der Waals surface area contributed by atoms with Gasteiger partial charge in [-0.3, -0.25) is 4.98 Å². The van der Waals surface area contributed by atoms with Crippen LogP contribution in [-0.2, 0) is 0 Å². The second-order valence-corrected chi connectivity index (χ2v) is 5.77. The summed E-state index contributed by atoms with van der Waals surface area (Å²) >= 11 is 3.50. The molecule has 2 nitrogen and oxygen atoms in total. The number of rotatable bonds is 3. The van der Waals surface area contributed by atoms with Gasteiger partial charge >= 0.3 is 0 Å². The minimum atomic E-state index is 0.233. The number of halogens is 1. The Morgan fingerprint density at radius 3 is 2.65 bits per heavy atom. The van der Waals surface area contributed by atoms with Crippen LogP contribution in [0.4, 0.5) is 5.69 Å². The Bertz CT molecular complexity index is 725. The summed E-state index contributed by atoms with van der Waals surface area (Å²) in [4.78, 5) is 4.16. The number of anilines is 1. The Hall–Kier alpha value is -1.87. The van der Waals surface area contributed by atoms with Crippen molar-refractivity contribution < 1.29 is 0 Å². The monoisotopic (exact) mass is 326 g/mol. The van der Waals surface area contributed by atoms with Crippen LogP contribution < -0.4 is 5.32 Å². The lowest BCUT2D eigenvalue weighted by atomic mass is 10.1. The van der Waals surface area contributed by atoms with Crippen LogP contribution in [0.25, 0.3) is 10.8 Å². The van der Waals surface area contributed by atoms with Crippen molar-refractivity contribution in [2.75, 3.05) is 5.32 Å². The van der Waals surface area contributed by atoms with Crippen molar-refractivity contribution in [3.05, 3.63) is 71.0 Å². The highest BCUT2D eigenvalue weighted by atomic mass is 79.9. The summed E-state index contributed by atoms with van der Waals surface area (Å²) in [6.45, 7) is 2.14. The summed E-state index contributed by atoms with van der Waals surface area (Å²) in [5, 5.41) is 5.98. The van der Waals surface area contributed by atoms with Crippen molar-refractivity contribution in [1.29, 1.82) is 0 Å². The summed E-state index contributed by atoms with van der Waals surface area (Å²) in [6, 6.07) is 17.0. The zero-order valence-electron chi connectivity index (χ0n) is 11.2. The molecule has 1 unspecified atom stereocenters. The smallest absolute Gasteiger partial charge is 0.0500 e. The van der Waals surface area contributed by atoms with Crippen LogP contribution in [0.3, 0.4) is 0 Å². The number of nitrogens with zero attached hydrogens (tertiary/aromatic N) is 1. The molecule has 0 fully saturated rings. The molecule has 0 aliphatic carbocycles. The van der Waals surface area contributed by atoms with Crippen molar-refractivity contribution in [3.63, 3.8) is 0 Å². The fourth-order valence-corrected chi connectivity index (χ4v) is 2.65. The third kappa shape index (κ3) is 2.83. The predicted molar refractivity (Wildman–Crippen MR) is 87.9 cm³/mol. The lowest BCUT2D eigenvalue weighted by molar-refractivity contribution is 0.876. The quantitative estimate of drug-likeness (QED) is 0.718. The highest BCUT2D eigenvalue weighted by Crippen LogP contribution is 2.25. The fraction of sp³-hybridized carbons (Fsp3) is 0.118. The Morgan fingerprint density at radius 2 is 1.85 bits per heavy atom. The van der Waals surface area contributed by atoms with Crippen LogP contribution in [0.5, 0.6) is 0 Å². The molecule has 1 heterocycles. The minimum absolute atomic E-state index is 0.233. The molecule has 0 radical (unpaired) electrons. The average Bonchev–Trinajstić information content (AvgIpc) is 2.48. The van der Waals surface area contributed by atoms with E-state index in [1.807, 2.05) is 12.3 Å². The molecule has 0 aliphatic rings.